The van der Waals surface area contributed by atoms with E-state index in [-0.39, 0.29) is 5.97 Å². The van der Waals surface area contributed by atoms with Gasteiger partial charge in [-0.25, -0.2) is 4.79 Å². The first-order valence-corrected chi connectivity index (χ1v) is 6.65. The van der Waals surface area contributed by atoms with Crippen LogP contribution in [0.4, 0.5) is 0 Å². The molecule has 0 aliphatic rings. The standard InChI is InChI=1S/C18H18O3/c1-13(11-18(19)21-3)14-7-6-8-15(12-14)16-9-4-5-10-17(16)20-2/h4-12H,1-3H3/b13-11+. The van der Waals surface area contributed by atoms with Crippen molar-refractivity contribution in [3.63, 3.8) is 0 Å². The number of carbonyl (C=O) groups is 1. The topological polar surface area (TPSA) is 35.5 Å². The Hall–Kier alpha value is -2.55. The molecule has 0 saturated carbocycles. The minimum atomic E-state index is -0.352. The number of methoxy groups -OCH3 is 2. The Kier molecular flexibility index (Phi) is 4.77. The first-order chi connectivity index (χ1) is 10.2. The number of benzene rings is 2. The molecule has 21 heavy (non-hydrogen) atoms. The second-order valence-electron chi connectivity index (χ2n) is 4.63. The van der Waals surface area contributed by atoms with Gasteiger partial charge in [0.1, 0.15) is 5.75 Å². The quantitative estimate of drug-likeness (QED) is 0.629. The van der Waals surface area contributed by atoms with Crippen molar-refractivity contribution in [2.24, 2.45) is 0 Å². The first kappa shape index (κ1) is 14.9. The van der Waals surface area contributed by atoms with Crippen LogP contribution in [0.2, 0.25) is 0 Å². The zero-order valence-electron chi connectivity index (χ0n) is 12.4. The van der Waals surface area contributed by atoms with Gasteiger partial charge < -0.3 is 9.47 Å². The highest BCUT2D eigenvalue weighted by molar-refractivity contribution is 5.91. The van der Waals surface area contributed by atoms with E-state index in [1.54, 1.807) is 7.11 Å². The Labute approximate surface area is 124 Å². The van der Waals surface area contributed by atoms with E-state index in [9.17, 15) is 4.79 Å². The lowest BCUT2D eigenvalue weighted by atomic mass is 9.99. The van der Waals surface area contributed by atoms with Gasteiger partial charge in [0.2, 0.25) is 0 Å². The maximum absolute atomic E-state index is 11.3. The number of para-hydroxylation sites is 1. The van der Waals surface area contributed by atoms with Crippen LogP contribution in [0.25, 0.3) is 16.7 Å². The minimum absolute atomic E-state index is 0.352. The molecule has 3 heteroatoms. The normalized spacial score (nSPS) is 11.1. The van der Waals surface area contributed by atoms with Gasteiger partial charge >= 0.3 is 5.97 Å². The van der Waals surface area contributed by atoms with Crippen LogP contribution in [0.15, 0.2) is 54.6 Å². The highest BCUT2D eigenvalue weighted by Crippen LogP contribution is 2.31. The molecule has 0 amide bonds. The lowest BCUT2D eigenvalue weighted by Crippen LogP contribution is -1.96. The summed E-state index contributed by atoms with van der Waals surface area (Å²) < 4.78 is 10.1. The predicted molar refractivity (Wildman–Crippen MR) is 84.1 cm³/mol. The SMILES string of the molecule is COC(=O)/C=C(\C)c1cccc(-c2ccccc2OC)c1. The summed E-state index contributed by atoms with van der Waals surface area (Å²) in [6, 6.07) is 15.8. The van der Waals surface area contributed by atoms with E-state index in [2.05, 4.69) is 4.74 Å². The molecule has 2 rings (SSSR count). The number of rotatable bonds is 4. The highest BCUT2D eigenvalue weighted by Gasteiger charge is 2.07. The molecule has 0 aromatic heterocycles. The van der Waals surface area contributed by atoms with Crippen molar-refractivity contribution in [1.29, 1.82) is 0 Å². The van der Waals surface area contributed by atoms with Gasteiger partial charge in [-0.1, -0.05) is 36.4 Å². The summed E-state index contributed by atoms with van der Waals surface area (Å²) in [5.74, 6) is 0.472. The fourth-order valence-corrected chi connectivity index (χ4v) is 2.13. The summed E-state index contributed by atoms with van der Waals surface area (Å²) in [4.78, 5) is 11.3. The summed E-state index contributed by atoms with van der Waals surface area (Å²) in [5, 5.41) is 0. The van der Waals surface area contributed by atoms with Crippen LogP contribution in [0.1, 0.15) is 12.5 Å². The van der Waals surface area contributed by atoms with Gasteiger partial charge in [-0.2, -0.15) is 0 Å². The molecule has 0 N–H and O–H groups in total. The Morgan fingerprint density at radius 2 is 1.81 bits per heavy atom. The fraction of sp³-hybridized carbons (Fsp3) is 0.167. The largest absolute Gasteiger partial charge is 0.496 e. The maximum Gasteiger partial charge on any atom is 0.330 e. The molecule has 3 nitrogen and oxygen atoms in total. The fourth-order valence-electron chi connectivity index (χ4n) is 2.13. The molecule has 0 unspecified atom stereocenters. The van der Waals surface area contributed by atoms with Crippen molar-refractivity contribution < 1.29 is 14.3 Å². The van der Waals surface area contributed by atoms with Gasteiger partial charge in [-0.05, 0) is 35.8 Å². The molecule has 0 aliphatic carbocycles. The number of esters is 1. The third-order valence-electron chi connectivity index (χ3n) is 3.27. The molecular formula is C18H18O3. The summed E-state index contributed by atoms with van der Waals surface area (Å²) in [7, 11) is 3.03. The summed E-state index contributed by atoms with van der Waals surface area (Å²) >= 11 is 0. The number of hydrogen-bond acceptors (Lipinski definition) is 3. The summed E-state index contributed by atoms with van der Waals surface area (Å²) in [6.07, 6.45) is 1.49. The average molecular weight is 282 g/mol. The Bertz CT molecular complexity index is 672. The van der Waals surface area contributed by atoms with Gasteiger partial charge in [-0.3, -0.25) is 0 Å². The number of ether oxygens (including phenoxy) is 2. The third-order valence-corrected chi connectivity index (χ3v) is 3.27. The van der Waals surface area contributed by atoms with Crippen molar-refractivity contribution >= 4 is 11.5 Å². The van der Waals surface area contributed by atoms with Crippen molar-refractivity contribution in [3.05, 3.63) is 60.2 Å². The van der Waals surface area contributed by atoms with Gasteiger partial charge in [-0.15, -0.1) is 0 Å². The Balaban J connectivity index is 2.42. The number of hydrogen-bond donors (Lipinski definition) is 0. The summed E-state index contributed by atoms with van der Waals surface area (Å²) in [6.45, 7) is 1.89. The van der Waals surface area contributed by atoms with Crippen LogP contribution in [0, 0.1) is 0 Å². The first-order valence-electron chi connectivity index (χ1n) is 6.65. The Morgan fingerprint density at radius 1 is 1.05 bits per heavy atom. The maximum atomic E-state index is 11.3. The van der Waals surface area contributed by atoms with E-state index in [1.807, 2.05) is 55.5 Å². The lowest BCUT2D eigenvalue weighted by molar-refractivity contribution is -0.134. The summed E-state index contributed by atoms with van der Waals surface area (Å²) in [5.41, 5.74) is 3.90. The van der Waals surface area contributed by atoms with E-state index < -0.39 is 0 Å². The highest BCUT2D eigenvalue weighted by atomic mass is 16.5. The van der Waals surface area contributed by atoms with Crippen LogP contribution in [-0.2, 0) is 9.53 Å². The second kappa shape index (κ2) is 6.75. The molecule has 0 radical (unpaired) electrons. The molecule has 2 aromatic carbocycles. The van der Waals surface area contributed by atoms with Crippen molar-refractivity contribution in [2.75, 3.05) is 14.2 Å². The smallest absolute Gasteiger partial charge is 0.330 e. The van der Waals surface area contributed by atoms with Crippen LogP contribution in [0.3, 0.4) is 0 Å². The predicted octanol–water partition coefficient (Wildman–Crippen LogP) is 3.94. The molecular weight excluding hydrogens is 264 g/mol. The number of carbonyl (C=O) groups excluding carboxylic acids is 1. The molecule has 2 aromatic rings. The van der Waals surface area contributed by atoms with E-state index >= 15 is 0 Å². The van der Waals surface area contributed by atoms with Crippen molar-refractivity contribution in [1.82, 2.24) is 0 Å². The van der Waals surface area contributed by atoms with Crippen LogP contribution in [0.5, 0.6) is 5.75 Å². The van der Waals surface area contributed by atoms with E-state index in [4.69, 9.17) is 4.74 Å². The molecule has 0 fully saturated rings. The molecule has 0 spiro atoms. The second-order valence-corrected chi connectivity index (χ2v) is 4.63. The molecule has 0 atom stereocenters. The number of allylic oxidation sites excluding steroid dienone is 1. The van der Waals surface area contributed by atoms with Crippen LogP contribution in [-0.4, -0.2) is 20.2 Å². The average Bonchev–Trinajstić information content (AvgIpc) is 2.54. The van der Waals surface area contributed by atoms with Gasteiger partial charge in [0.25, 0.3) is 0 Å². The van der Waals surface area contributed by atoms with E-state index in [0.717, 1.165) is 28.0 Å². The van der Waals surface area contributed by atoms with Gasteiger partial charge in [0, 0.05) is 11.6 Å². The monoisotopic (exact) mass is 282 g/mol. The molecule has 0 heterocycles. The lowest BCUT2D eigenvalue weighted by Gasteiger charge is -2.10. The molecule has 0 aliphatic heterocycles. The van der Waals surface area contributed by atoms with Gasteiger partial charge in [0.05, 0.1) is 14.2 Å². The van der Waals surface area contributed by atoms with Crippen LogP contribution < -0.4 is 4.74 Å². The third kappa shape index (κ3) is 3.51. The zero-order valence-corrected chi connectivity index (χ0v) is 12.4. The van der Waals surface area contributed by atoms with Crippen molar-refractivity contribution in [2.45, 2.75) is 6.92 Å². The van der Waals surface area contributed by atoms with E-state index in [1.165, 1.54) is 13.2 Å². The van der Waals surface area contributed by atoms with E-state index in [0.29, 0.717) is 0 Å². The molecule has 0 saturated heterocycles. The van der Waals surface area contributed by atoms with Crippen LogP contribution >= 0.6 is 0 Å². The van der Waals surface area contributed by atoms with Crippen molar-refractivity contribution in [3.8, 4) is 16.9 Å². The Morgan fingerprint density at radius 3 is 2.52 bits per heavy atom. The van der Waals surface area contributed by atoms with Gasteiger partial charge in [0.15, 0.2) is 0 Å². The molecule has 0 bridgehead atoms. The molecule has 108 valence electrons. The zero-order chi connectivity index (χ0) is 15.2. The minimum Gasteiger partial charge on any atom is -0.496 e.